The van der Waals surface area contributed by atoms with Crippen molar-refractivity contribution in [3.05, 3.63) is 28.2 Å². The Morgan fingerprint density at radius 3 is 2.75 bits per heavy atom. The maximum Gasteiger partial charge on any atom is 0.232 e. The highest BCUT2D eigenvalue weighted by atomic mass is 79.9. The van der Waals surface area contributed by atoms with Crippen LogP contribution < -0.4 is 4.74 Å². The van der Waals surface area contributed by atoms with Crippen LogP contribution in [0.15, 0.2) is 22.7 Å². The minimum absolute atomic E-state index is 0.0679. The van der Waals surface area contributed by atoms with Gasteiger partial charge in [0, 0.05) is 15.2 Å². The predicted octanol–water partition coefficient (Wildman–Crippen LogP) is 3.10. The molecule has 0 bridgehead atoms. The first-order valence-electron chi connectivity index (χ1n) is 4.70. The maximum absolute atomic E-state index is 10.7. The van der Waals surface area contributed by atoms with Crippen LogP contribution in [-0.2, 0) is 9.05 Å². The zero-order valence-electron chi connectivity index (χ0n) is 8.74. The van der Waals surface area contributed by atoms with Gasteiger partial charge in [-0.3, -0.25) is 0 Å². The second-order valence-electron chi connectivity index (χ2n) is 3.35. The largest absolute Gasteiger partial charge is 0.493 e. The van der Waals surface area contributed by atoms with Crippen LogP contribution in [0.5, 0.6) is 5.75 Å². The van der Waals surface area contributed by atoms with E-state index in [1.165, 1.54) is 0 Å². The van der Waals surface area contributed by atoms with Crippen molar-refractivity contribution in [3.8, 4) is 5.75 Å². The quantitative estimate of drug-likeness (QED) is 0.616. The number of ether oxygens (including phenoxy) is 1. The van der Waals surface area contributed by atoms with E-state index >= 15 is 0 Å². The average molecular weight is 328 g/mol. The molecule has 0 unspecified atom stereocenters. The summed E-state index contributed by atoms with van der Waals surface area (Å²) < 4.78 is 27.7. The smallest absolute Gasteiger partial charge is 0.232 e. The van der Waals surface area contributed by atoms with E-state index in [9.17, 15) is 8.42 Å². The molecule has 0 amide bonds. The lowest BCUT2D eigenvalue weighted by Crippen LogP contribution is -2.05. The molecule has 0 fully saturated rings. The standard InChI is InChI=1S/C10H12BrClO3S/c1-8-3-4-9(11)7-10(8)15-5-2-6-16(12,13)14/h3-4,7H,2,5-6H2,1H3. The molecule has 3 nitrogen and oxygen atoms in total. The van der Waals surface area contributed by atoms with Gasteiger partial charge in [0.2, 0.25) is 9.05 Å². The van der Waals surface area contributed by atoms with Gasteiger partial charge in [0.25, 0.3) is 0 Å². The molecule has 0 saturated carbocycles. The summed E-state index contributed by atoms with van der Waals surface area (Å²) >= 11 is 3.34. The summed E-state index contributed by atoms with van der Waals surface area (Å²) in [6.45, 7) is 2.27. The minimum Gasteiger partial charge on any atom is -0.493 e. The topological polar surface area (TPSA) is 43.4 Å². The van der Waals surface area contributed by atoms with E-state index in [4.69, 9.17) is 15.4 Å². The second-order valence-corrected chi connectivity index (χ2v) is 7.17. The summed E-state index contributed by atoms with van der Waals surface area (Å²) in [5.41, 5.74) is 1.01. The highest BCUT2D eigenvalue weighted by Gasteiger charge is 2.05. The average Bonchev–Trinajstić information content (AvgIpc) is 2.16. The van der Waals surface area contributed by atoms with Crippen LogP contribution in [0.3, 0.4) is 0 Å². The van der Waals surface area contributed by atoms with Gasteiger partial charge < -0.3 is 4.74 Å². The van der Waals surface area contributed by atoms with Crippen LogP contribution >= 0.6 is 26.6 Å². The van der Waals surface area contributed by atoms with Crippen LogP contribution in [0.1, 0.15) is 12.0 Å². The fourth-order valence-corrected chi connectivity index (χ4v) is 2.27. The molecule has 1 aromatic rings. The molecular weight excluding hydrogens is 316 g/mol. The summed E-state index contributed by atoms with van der Waals surface area (Å²) in [4.78, 5) is 0. The van der Waals surface area contributed by atoms with E-state index in [0.29, 0.717) is 13.0 Å². The van der Waals surface area contributed by atoms with Gasteiger partial charge in [0.15, 0.2) is 0 Å². The van der Waals surface area contributed by atoms with Crippen molar-refractivity contribution in [2.24, 2.45) is 0 Å². The molecular formula is C10H12BrClO3S. The predicted molar refractivity (Wildman–Crippen MR) is 68.6 cm³/mol. The van der Waals surface area contributed by atoms with Crippen LogP contribution in [-0.4, -0.2) is 20.8 Å². The van der Waals surface area contributed by atoms with Crippen LogP contribution in [0, 0.1) is 6.92 Å². The van der Waals surface area contributed by atoms with Gasteiger partial charge >= 0.3 is 0 Å². The van der Waals surface area contributed by atoms with Crippen molar-refractivity contribution >= 4 is 35.7 Å². The summed E-state index contributed by atoms with van der Waals surface area (Å²) in [6, 6.07) is 5.70. The van der Waals surface area contributed by atoms with E-state index in [1.807, 2.05) is 25.1 Å². The van der Waals surface area contributed by atoms with Crippen molar-refractivity contribution in [2.75, 3.05) is 12.4 Å². The molecule has 1 aromatic carbocycles. The highest BCUT2D eigenvalue weighted by molar-refractivity contribution is 9.10. The fraction of sp³-hybridized carbons (Fsp3) is 0.400. The summed E-state index contributed by atoms with van der Waals surface area (Å²) in [5.74, 6) is 0.683. The minimum atomic E-state index is -3.41. The van der Waals surface area contributed by atoms with E-state index in [-0.39, 0.29) is 5.75 Å². The molecule has 0 aliphatic rings. The third-order valence-electron chi connectivity index (χ3n) is 1.94. The monoisotopic (exact) mass is 326 g/mol. The molecule has 0 saturated heterocycles. The van der Waals surface area contributed by atoms with Crippen LogP contribution in [0.2, 0.25) is 0 Å². The Hall–Kier alpha value is -0.260. The van der Waals surface area contributed by atoms with E-state index < -0.39 is 9.05 Å². The lowest BCUT2D eigenvalue weighted by atomic mass is 10.2. The van der Waals surface area contributed by atoms with Gasteiger partial charge in [-0.15, -0.1) is 0 Å². The molecule has 0 N–H and O–H groups in total. The van der Waals surface area contributed by atoms with Crippen LogP contribution in [0.25, 0.3) is 0 Å². The second kappa shape index (κ2) is 5.89. The summed E-state index contributed by atoms with van der Waals surface area (Å²) in [6.07, 6.45) is 0.387. The molecule has 0 aliphatic carbocycles. The third kappa shape index (κ3) is 5.18. The highest BCUT2D eigenvalue weighted by Crippen LogP contribution is 2.22. The van der Waals surface area contributed by atoms with Gasteiger partial charge in [0.1, 0.15) is 5.75 Å². The van der Waals surface area contributed by atoms with Crippen molar-refractivity contribution in [3.63, 3.8) is 0 Å². The van der Waals surface area contributed by atoms with Crippen molar-refractivity contribution in [2.45, 2.75) is 13.3 Å². The lowest BCUT2D eigenvalue weighted by molar-refractivity contribution is 0.315. The molecule has 0 atom stereocenters. The number of hydrogen-bond donors (Lipinski definition) is 0. The van der Waals surface area contributed by atoms with E-state index in [1.54, 1.807) is 0 Å². The number of benzene rings is 1. The van der Waals surface area contributed by atoms with Crippen molar-refractivity contribution < 1.29 is 13.2 Å². The van der Waals surface area contributed by atoms with Gasteiger partial charge in [-0.1, -0.05) is 22.0 Å². The summed E-state index contributed by atoms with van der Waals surface area (Å²) in [5, 5.41) is 0. The molecule has 0 heterocycles. The number of aryl methyl sites for hydroxylation is 1. The fourth-order valence-electron chi connectivity index (χ4n) is 1.14. The first kappa shape index (κ1) is 13.8. The Morgan fingerprint density at radius 1 is 1.44 bits per heavy atom. The Kier molecular flexibility index (Phi) is 5.08. The first-order valence-corrected chi connectivity index (χ1v) is 7.97. The number of rotatable bonds is 5. The Morgan fingerprint density at radius 2 is 2.12 bits per heavy atom. The van der Waals surface area contributed by atoms with E-state index in [2.05, 4.69) is 15.9 Å². The van der Waals surface area contributed by atoms with Crippen molar-refractivity contribution in [1.29, 1.82) is 0 Å². The molecule has 16 heavy (non-hydrogen) atoms. The van der Waals surface area contributed by atoms with E-state index in [0.717, 1.165) is 15.8 Å². The van der Waals surface area contributed by atoms with Crippen molar-refractivity contribution in [1.82, 2.24) is 0 Å². The van der Waals surface area contributed by atoms with Gasteiger partial charge in [0.05, 0.1) is 12.4 Å². The van der Waals surface area contributed by atoms with Gasteiger partial charge in [-0.25, -0.2) is 8.42 Å². The third-order valence-corrected chi connectivity index (χ3v) is 3.67. The Bertz CT molecular complexity index is 459. The lowest BCUT2D eigenvalue weighted by Gasteiger charge is -2.08. The first-order chi connectivity index (χ1) is 7.38. The maximum atomic E-state index is 10.7. The SMILES string of the molecule is Cc1ccc(Br)cc1OCCCS(=O)(=O)Cl. The molecule has 90 valence electrons. The molecule has 6 heteroatoms. The zero-order valence-corrected chi connectivity index (χ0v) is 11.9. The molecule has 0 radical (unpaired) electrons. The zero-order chi connectivity index (χ0) is 12.2. The number of halogens is 2. The number of hydrogen-bond acceptors (Lipinski definition) is 3. The molecule has 0 spiro atoms. The van der Waals surface area contributed by atoms with Gasteiger partial charge in [-0.05, 0) is 31.0 Å². The molecule has 1 rings (SSSR count). The van der Waals surface area contributed by atoms with Gasteiger partial charge in [-0.2, -0.15) is 0 Å². The molecule has 0 aliphatic heterocycles. The summed E-state index contributed by atoms with van der Waals surface area (Å²) in [7, 11) is 1.67. The molecule has 0 aromatic heterocycles. The van der Waals surface area contributed by atoms with Crippen LogP contribution in [0.4, 0.5) is 0 Å². The Labute approximate surface area is 108 Å². The normalized spacial score (nSPS) is 11.4. The Balaban J connectivity index is 2.46.